The molecule has 186 valence electrons. The van der Waals surface area contributed by atoms with Crippen molar-refractivity contribution in [2.75, 3.05) is 24.7 Å². The van der Waals surface area contributed by atoms with Crippen LogP contribution in [0.2, 0.25) is 0 Å². The number of hydrogen-bond donors (Lipinski definition) is 3. The Morgan fingerprint density at radius 1 is 1.21 bits per heavy atom. The van der Waals surface area contributed by atoms with Crippen LogP contribution in [0.25, 0.3) is 0 Å². The van der Waals surface area contributed by atoms with Crippen LogP contribution in [-0.4, -0.2) is 59.2 Å². The van der Waals surface area contributed by atoms with E-state index in [2.05, 4.69) is 6.92 Å². The monoisotopic (exact) mass is 491 g/mol. The molecule has 3 N–H and O–H groups in total. The second kappa shape index (κ2) is 13.0. The highest BCUT2D eigenvalue weighted by molar-refractivity contribution is 7.13. The SMILES string of the molecule is CCCCCC(O)c1ccc(N2C(=O)C[C@@H](O)[C@@H]2COCc2ccc(C(=O)OCCO)s2)cc1. The smallest absolute Gasteiger partial charge is 0.348 e. The zero-order valence-electron chi connectivity index (χ0n) is 19.4. The molecule has 1 fully saturated rings. The van der Waals surface area contributed by atoms with Crippen molar-refractivity contribution in [2.45, 2.75) is 63.9 Å². The van der Waals surface area contributed by atoms with Crippen LogP contribution in [0.3, 0.4) is 0 Å². The first-order valence-corrected chi connectivity index (χ1v) is 12.5. The van der Waals surface area contributed by atoms with Crippen molar-refractivity contribution in [3.8, 4) is 0 Å². The molecule has 1 amide bonds. The molecule has 0 saturated carbocycles. The number of amides is 1. The minimum Gasteiger partial charge on any atom is -0.459 e. The van der Waals surface area contributed by atoms with E-state index < -0.39 is 24.2 Å². The molecular formula is C25H33NO7S. The molecule has 0 bridgehead atoms. The van der Waals surface area contributed by atoms with Gasteiger partial charge >= 0.3 is 5.97 Å². The van der Waals surface area contributed by atoms with Gasteiger partial charge in [-0.2, -0.15) is 0 Å². The van der Waals surface area contributed by atoms with Crippen LogP contribution in [-0.2, 0) is 20.9 Å². The van der Waals surface area contributed by atoms with Gasteiger partial charge in [-0.05, 0) is 36.2 Å². The van der Waals surface area contributed by atoms with E-state index in [-0.39, 0.29) is 38.8 Å². The van der Waals surface area contributed by atoms with Crippen LogP contribution < -0.4 is 4.90 Å². The van der Waals surface area contributed by atoms with Gasteiger partial charge in [0.15, 0.2) is 0 Å². The van der Waals surface area contributed by atoms with Gasteiger partial charge in [-0.3, -0.25) is 4.79 Å². The Kier molecular flexibility index (Phi) is 10.0. The number of esters is 1. The first-order chi connectivity index (χ1) is 16.4. The second-order valence-electron chi connectivity index (χ2n) is 8.35. The first kappa shape index (κ1) is 26.3. The minimum atomic E-state index is -0.848. The van der Waals surface area contributed by atoms with Crippen LogP contribution in [0.1, 0.15) is 65.2 Å². The number of aliphatic hydroxyl groups is 3. The Balaban J connectivity index is 1.57. The van der Waals surface area contributed by atoms with Gasteiger partial charge in [0.25, 0.3) is 0 Å². The van der Waals surface area contributed by atoms with Crippen LogP contribution >= 0.6 is 11.3 Å². The van der Waals surface area contributed by atoms with Crippen LogP contribution in [0, 0.1) is 0 Å². The Morgan fingerprint density at radius 3 is 2.68 bits per heavy atom. The molecule has 3 atom stereocenters. The average Bonchev–Trinajstić information content (AvgIpc) is 3.41. The fourth-order valence-corrected chi connectivity index (χ4v) is 4.80. The summed E-state index contributed by atoms with van der Waals surface area (Å²) in [4.78, 5) is 27.2. The van der Waals surface area contributed by atoms with Crippen molar-refractivity contribution < 1.29 is 34.4 Å². The molecule has 0 radical (unpaired) electrons. The lowest BCUT2D eigenvalue weighted by molar-refractivity contribution is -0.117. The standard InChI is InChI=1S/C25H33NO7S/c1-2-3-4-5-21(28)17-6-8-18(9-7-17)26-20(22(29)14-24(26)30)16-32-15-19-10-11-23(34-19)25(31)33-13-12-27/h6-11,20-22,27-29H,2-5,12-16H2,1H3/t20-,21?,22+/m0/s1. The van der Waals surface area contributed by atoms with Gasteiger partial charge in [-0.15, -0.1) is 11.3 Å². The van der Waals surface area contributed by atoms with E-state index in [4.69, 9.17) is 14.6 Å². The van der Waals surface area contributed by atoms with E-state index in [9.17, 15) is 19.8 Å². The van der Waals surface area contributed by atoms with Crippen LogP contribution in [0.4, 0.5) is 5.69 Å². The Bertz CT molecular complexity index is 930. The number of ether oxygens (including phenoxy) is 2. The number of aliphatic hydroxyl groups excluding tert-OH is 3. The number of carbonyl (C=O) groups excluding carboxylic acids is 2. The summed E-state index contributed by atoms with van der Waals surface area (Å²) in [5.74, 6) is -0.672. The predicted octanol–water partition coefficient (Wildman–Crippen LogP) is 3.19. The van der Waals surface area contributed by atoms with Crippen LogP contribution in [0.15, 0.2) is 36.4 Å². The molecule has 1 saturated heterocycles. The highest BCUT2D eigenvalue weighted by Crippen LogP contribution is 2.30. The van der Waals surface area contributed by atoms with Crippen molar-refractivity contribution in [2.24, 2.45) is 0 Å². The lowest BCUT2D eigenvalue weighted by Crippen LogP contribution is -2.40. The zero-order chi connectivity index (χ0) is 24.5. The summed E-state index contributed by atoms with van der Waals surface area (Å²) >= 11 is 1.24. The highest BCUT2D eigenvalue weighted by Gasteiger charge is 2.39. The summed E-state index contributed by atoms with van der Waals surface area (Å²) in [6.45, 7) is 2.21. The van der Waals surface area contributed by atoms with E-state index in [1.807, 2.05) is 12.1 Å². The highest BCUT2D eigenvalue weighted by atomic mass is 32.1. The fourth-order valence-electron chi connectivity index (χ4n) is 3.96. The number of carbonyl (C=O) groups is 2. The predicted molar refractivity (Wildman–Crippen MR) is 129 cm³/mol. The second-order valence-corrected chi connectivity index (χ2v) is 9.51. The molecule has 1 aromatic heterocycles. The number of rotatable bonds is 13. The van der Waals surface area contributed by atoms with Gasteiger partial charge < -0.3 is 29.7 Å². The number of anilines is 1. The van der Waals surface area contributed by atoms with E-state index >= 15 is 0 Å². The Morgan fingerprint density at radius 2 is 1.97 bits per heavy atom. The number of nitrogens with zero attached hydrogens (tertiary/aromatic N) is 1. The zero-order valence-corrected chi connectivity index (χ0v) is 20.2. The van der Waals surface area contributed by atoms with Gasteiger partial charge in [-0.1, -0.05) is 38.3 Å². The summed E-state index contributed by atoms with van der Waals surface area (Å²) in [5.41, 5.74) is 1.47. The van der Waals surface area contributed by atoms with Gasteiger partial charge in [-0.25, -0.2) is 4.79 Å². The van der Waals surface area contributed by atoms with Crippen molar-refractivity contribution in [3.63, 3.8) is 0 Å². The quantitative estimate of drug-likeness (QED) is 0.291. The van der Waals surface area contributed by atoms with Crippen molar-refractivity contribution in [3.05, 3.63) is 51.7 Å². The molecule has 9 heteroatoms. The van der Waals surface area contributed by atoms with Gasteiger partial charge in [0.1, 0.15) is 11.5 Å². The largest absolute Gasteiger partial charge is 0.459 e. The number of unbranched alkanes of at least 4 members (excludes halogenated alkanes) is 2. The third-order valence-corrected chi connectivity index (χ3v) is 6.82. The first-order valence-electron chi connectivity index (χ1n) is 11.7. The summed E-state index contributed by atoms with van der Waals surface area (Å²) in [7, 11) is 0. The summed E-state index contributed by atoms with van der Waals surface area (Å²) in [5, 5.41) is 29.6. The molecule has 2 aromatic rings. The maximum atomic E-state index is 12.6. The molecule has 34 heavy (non-hydrogen) atoms. The van der Waals surface area contributed by atoms with E-state index in [0.717, 1.165) is 29.7 Å². The van der Waals surface area contributed by atoms with Gasteiger partial charge in [0.05, 0.1) is 44.5 Å². The molecule has 1 unspecified atom stereocenters. The molecule has 3 rings (SSSR count). The Labute approximate surface area is 203 Å². The third kappa shape index (κ3) is 6.86. The molecular weight excluding hydrogens is 458 g/mol. The third-order valence-electron chi connectivity index (χ3n) is 5.79. The maximum Gasteiger partial charge on any atom is 0.348 e. The molecule has 1 aromatic carbocycles. The summed E-state index contributed by atoms with van der Waals surface area (Å²) < 4.78 is 10.7. The molecule has 1 aliphatic heterocycles. The van der Waals surface area contributed by atoms with E-state index in [1.165, 1.54) is 11.3 Å². The number of benzene rings is 1. The van der Waals surface area contributed by atoms with Crippen molar-refractivity contribution in [1.29, 1.82) is 0 Å². The van der Waals surface area contributed by atoms with Gasteiger partial charge in [0, 0.05) is 10.6 Å². The summed E-state index contributed by atoms with van der Waals surface area (Å²) in [6, 6.07) is 10.1. The van der Waals surface area contributed by atoms with Crippen LogP contribution in [0.5, 0.6) is 0 Å². The van der Waals surface area contributed by atoms with E-state index in [1.54, 1.807) is 29.2 Å². The molecule has 8 nitrogen and oxygen atoms in total. The average molecular weight is 492 g/mol. The topological polar surface area (TPSA) is 117 Å². The maximum absolute atomic E-state index is 12.6. The fraction of sp³-hybridized carbons (Fsp3) is 0.520. The number of thiophene rings is 1. The molecule has 2 heterocycles. The number of hydrogen-bond acceptors (Lipinski definition) is 8. The van der Waals surface area contributed by atoms with Crippen molar-refractivity contribution in [1.82, 2.24) is 0 Å². The minimum absolute atomic E-state index is 0.0231. The van der Waals surface area contributed by atoms with Gasteiger partial charge in [0.2, 0.25) is 5.91 Å². The van der Waals surface area contributed by atoms with E-state index in [0.29, 0.717) is 17.0 Å². The Hall–Kier alpha value is -2.30. The molecule has 1 aliphatic rings. The van der Waals surface area contributed by atoms with Crippen molar-refractivity contribution >= 4 is 28.9 Å². The lowest BCUT2D eigenvalue weighted by Gasteiger charge is -2.26. The molecule has 0 aliphatic carbocycles. The molecule has 0 spiro atoms. The lowest BCUT2D eigenvalue weighted by atomic mass is 10.0. The normalized spacial score (nSPS) is 18.9. The summed E-state index contributed by atoms with van der Waals surface area (Å²) in [6.07, 6.45) is 2.49.